The zero-order chi connectivity index (χ0) is 9.68. The smallest absolute Gasteiger partial charge is 0.152 e. The predicted molar refractivity (Wildman–Crippen MR) is 49.9 cm³/mol. The van der Waals surface area contributed by atoms with Gasteiger partial charge in [-0.2, -0.15) is 5.26 Å². The standard InChI is InChI=1S/C10H8N2O/c1-13-9-5-4-8(3-2-6-11)10(12)7-9/h4-5,7H,12H2,1H3. The fourth-order valence-electron chi connectivity index (χ4n) is 0.877. The molecule has 0 aliphatic rings. The summed E-state index contributed by atoms with van der Waals surface area (Å²) in [6.45, 7) is 0. The highest BCUT2D eigenvalue weighted by Crippen LogP contribution is 2.18. The number of anilines is 1. The van der Waals surface area contributed by atoms with Gasteiger partial charge < -0.3 is 10.5 Å². The molecule has 1 rings (SSSR count). The number of benzene rings is 1. The molecular weight excluding hydrogens is 164 g/mol. The first kappa shape index (κ1) is 8.96. The van der Waals surface area contributed by atoms with E-state index < -0.39 is 0 Å². The van der Waals surface area contributed by atoms with Crippen molar-refractivity contribution in [2.24, 2.45) is 0 Å². The van der Waals surface area contributed by atoms with Gasteiger partial charge in [-0.15, -0.1) is 0 Å². The normalized spacial score (nSPS) is 8.00. The number of methoxy groups -OCH3 is 1. The van der Waals surface area contributed by atoms with Gasteiger partial charge in [-0.1, -0.05) is 0 Å². The maximum atomic E-state index is 8.23. The number of ether oxygens (including phenoxy) is 1. The van der Waals surface area contributed by atoms with Gasteiger partial charge in [0.25, 0.3) is 0 Å². The lowest BCUT2D eigenvalue weighted by molar-refractivity contribution is 0.415. The summed E-state index contributed by atoms with van der Waals surface area (Å²) in [4.78, 5) is 0. The minimum Gasteiger partial charge on any atom is -0.497 e. The van der Waals surface area contributed by atoms with Gasteiger partial charge in [-0.05, 0) is 18.1 Å². The van der Waals surface area contributed by atoms with Crippen molar-refractivity contribution >= 4 is 5.69 Å². The molecule has 0 bridgehead atoms. The Morgan fingerprint density at radius 1 is 1.46 bits per heavy atom. The van der Waals surface area contributed by atoms with E-state index in [-0.39, 0.29) is 0 Å². The van der Waals surface area contributed by atoms with E-state index in [9.17, 15) is 0 Å². The van der Waals surface area contributed by atoms with Gasteiger partial charge in [0, 0.05) is 17.6 Å². The highest BCUT2D eigenvalue weighted by molar-refractivity contribution is 5.59. The minimum absolute atomic E-state index is 0.516. The molecule has 3 nitrogen and oxygen atoms in total. The highest BCUT2D eigenvalue weighted by Gasteiger charge is 1.97. The summed E-state index contributed by atoms with van der Waals surface area (Å²) in [7, 11) is 1.56. The van der Waals surface area contributed by atoms with Crippen molar-refractivity contribution in [3.05, 3.63) is 23.8 Å². The van der Waals surface area contributed by atoms with E-state index >= 15 is 0 Å². The molecule has 13 heavy (non-hydrogen) atoms. The number of nitriles is 1. The fourth-order valence-corrected chi connectivity index (χ4v) is 0.877. The van der Waals surface area contributed by atoms with Crippen molar-refractivity contribution in [1.29, 1.82) is 5.26 Å². The molecule has 0 aromatic heterocycles. The first-order valence-electron chi connectivity index (χ1n) is 3.61. The molecule has 0 atom stereocenters. The molecular formula is C10H8N2O. The summed E-state index contributed by atoms with van der Waals surface area (Å²) in [5.41, 5.74) is 6.80. The van der Waals surface area contributed by atoms with Crippen molar-refractivity contribution in [1.82, 2.24) is 0 Å². The van der Waals surface area contributed by atoms with E-state index in [0.717, 1.165) is 0 Å². The summed E-state index contributed by atoms with van der Waals surface area (Å²) >= 11 is 0. The molecule has 2 N–H and O–H groups in total. The third-order valence-electron chi connectivity index (χ3n) is 1.51. The Balaban J connectivity index is 3.07. The molecule has 0 unspecified atom stereocenters. The maximum absolute atomic E-state index is 8.23. The largest absolute Gasteiger partial charge is 0.497 e. The Bertz CT molecular complexity index is 407. The van der Waals surface area contributed by atoms with Crippen LogP contribution in [0.2, 0.25) is 0 Å². The van der Waals surface area contributed by atoms with Gasteiger partial charge in [0.15, 0.2) is 6.07 Å². The minimum atomic E-state index is 0.516. The van der Waals surface area contributed by atoms with Crippen molar-refractivity contribution < 1.29 is 4.74 Å². The zero-order valence-corrected chi connectivity index (χ0v) is 7.16. The first-order chi connectivity index (χ1) is 6.27. The summed E-state index contributed by atoms with van der Waals surface area (Å²) in [6, 6.07) is 6.86. The molecule has 0 saturated heterocycles. The van der Waals surface area contributed by atoms with Crippen LogP contribution in [0.3, 0.4) is 0 Å². The lowest BCUT2D eigenvalue weighted by Crippen LogP contribution is -1.91. The third-order valence-corrected chi connectivity index (χ3v) is 1.51. The van der Waals surface area contributed by atoms with Crippen LogP contribution in [0.25, 0.3) is 0 Å². The second-order valence-electron chi connectivity index (χ2n) is 2.31. The van der Waals surface area contributed by atoms with Crippen LogP contribution in [-0.2, 0) is 0 Å². The first-order valence-corrected chi connectivity index (χ1v) is 3.61. The van der Waals surface area contributed by atoms with Crippen LogP contribution < -0.4 is 10.5 Å². The summed E-state index contributed by atoms with van der Waals surface area (Å²) in [5.74, 6) is 5.58. The Morgan fingerprint density at radius 2 is 2.23 bits per heavy atom. The Labute approximate surface area is 76.7 Å². The lowest BCUT2D eigenvalue weighted by Gasteiger charge is -2.01. The number of hydrogen-bond donors (Lipinski definition) is 1. The van der Waals surface area contributed by atoms with E-state index in [1.807, 2.05) is 0 Å². The fraction of sp³-hybridized carbons (Fsp3) is 0.100. The quantitative estimate of drug-likeness (QED) is 0.510. The number of rotatable bonds is 1. The molecule has 0 aliphatic heterocycles. The van der Waals surface area contributed by atoms with Crippen LogP contribution in [0.15, 0.2) is 18.2 Å². The highest BCUT2D eigenvalue weighted by atomic mass is 16.5. The zero-order valence-electron chi connectivity index (χ0n) is 7.16. The average Bonchev–Trinajstić information content (AvgIpc) is 2.16. The van der Waals surface area contributed by atoms with E-state index in [0.29, 0.717) is 17.0 Å². The molecule has 0 fully saturated rings. The lowest BCUT2D eigenvalue weighted by atomic mass is 10.2. The van der Waals surface area contributed by atoms with Crippen molar-refractivity contribution in [2.45, 2.75) is 0 Å². The average molecular weight is 172 g/mol. The molecule has 64 valence electrons. The number of nitrogen functional groups attached to an aromatic ring is 1. The molecule has 0 aliphatic carbocycles. The molecule has 3 heteroatoms. The maximum Gasteiger partial charge on any atom is 0.152 e. The summed E-state index contributed by atoms with van der Waals surface area (Å²) in [6.07, 6.45) is 0. The second kappa shape index (κ2) is 4.04. The predicted octanol–water partition coefficient (Wildman–Crippen LogP) is 1.15. The number of nitrogens with zero attached hydrogens (tertiary/aromatic N) is 1. The SMILES string of the molecule is COc1ccc(C#CC#N)c(N)c1. The van der Waals surface area contributed by atoms with Crippen LogP contribution in [-0.4, -0.2) is 7.11 Å². The monoisotopic (exact) mass is 172 g/mol. The van der Waals surface area contributed by atoms with E-state index in [1.165, 1.54) is 0 Å². The van der Waals surface area contributed by atoms with Crippen LogP contribution >= 0.6 is 0 Å². The molecule has 0 heterocycles. The van der Waals surface area contributed by atoms with E-state index in [4.69, 9.17) is 15.7 Å². The topological polar surface area (TPSA) is 59.0 Å². The molecule has 0 amide bonds. The molecule has 0 spiro atoms. The van der Waals surface area contributed by atoms with Gasteiger partial charge in [0.05, 0.1) is 12.8 Å². The van der Waals surface area contributed by atoms with Crippen LogP contribution in [0.5, 0.6) is 5.75 Å². The number of nitrogens with two attached hydrogens (primary N) is 1. The van der Waals surface area contributed by atoms with Gasteiger partial charge >= 0.3 is 0 Å². The van der Waals surface area contributed by atoms with Crippen LogP contribution in [0.4, 0.5) is 5.69 Å². The van der Waals surface area contributed by atoms with E-state index in [2.05, 4.69) is 11.8 Å². The van der Waals surface area contributed by atoms with Crippen molar-refractivity contribution in [3.8, 4) is 23.7 Å². The van der Waals surface area contributed by atoms with Crippen molar-refractivity contribution in [2.75, 3.05) is 12.8 Å². The van der Waals surface area contributed by atoms with Crippen LogP contribution in [0.1, 0.15) is 5.56 Å². The van der Waals surface area contributed by atoms with Crippen LogP contribution in [0, 0.1) is 23.2 Å². The Hall–Kier alpha value is -2.13. The van der Waals surface area contributed by atoms with Gasteiger partial charge in [-0.25, -0.2) is 0 Å². The van der Waals surface area contributed by atoms with Crippen molar-refractivity contribution in [3.63, 3.8) is 0 Å². The third kappa shape index (κ3) is 2.15. The Morgan fingerprint density at radius 3 is 2.77 bits per heavy atom. The molecule has 0 radical (unpaired) electrons. The summed E-state index contributed by atoms with van der Waals surface area (Å²) in [5, 5.41) is 8.23. The number of hydrogen-bond acceptors (Lipinski definition) is 3. The van der Waals surface area contributed by atoms with Gasteiger partial charge in [0.2, 0.25) is 0 Å². The molecule has 1 aromatic rings. The summed E-state index contributed by atoms with van der Waals surface area (Å²) < 4.78 is 4.96. The molecule has 0 saturated carbocycles. The second-order valence-corrected chi connectivity index (χ2v) is 2.31. The van der Waals surface area contributed by atoms with Gasteiger partial charge in [0.1, 0.15) is 5.75 Å². The molecule has 1 aromatic carbocycles. The Kier molecular flexibility index (Phi) is 2.78. The van der Waals surface area contributed by atoms with E-state index in [1.54, 1.807) is 31.4 Å². The van der Waals surface area contributed by atoms with Gasteiger partial charge in [-0.3, -0.25) is 0 Å².